The molecular formula is C11H17NO4S2. The van der Waals surface area contributed by atoms with Gasteiger partial charge >= 0.3 is 5.97 Å². The number of carbonyl (C=O) groups is 1. The van der Waals surface area contributed by atoms with Crippen molar-refractivity contribution >= 4 is 27.3 Å². The maximum Gasteiger partial charge on any atom is 0.336 e. The summed E-state index contributed by atoms with van der Waals surface area (Å²) in [6.45, 7) is 5.75. The lowest BCUT2D eigenvalue weighted by Gasteiger charge is -2.19. The molecule has 0 amide bonds. The van der Waals surface area contributed by atoms with E-state index in [0.29, 0.717) is 0 Å². The van der Waals surface area contributed by atoms with E-state index in [1.165, 1.54) is 11.4 Å². The molecule has 7 heteroatoms. The number of nitrogens with one attached hydrogen (secondary N) is 1. The Morgan fingerprint density at radius 3 is 2.56 bits per heavy atom. The van der Waals surface area contributed by atoms with Gasteiger partial charge in [0.2, 0.25) is 10.0 Å². The highest BCUT2D eigenvalue weighted by atomic mass is 32.2. The first kappa shape index (κ1) is 15.1. The van der Waals surface area contributed by atoms with E-state index in [4.69, 9.17) is 5.11 Å². The molecule has 2 unspecified atom stereocenters. The summed E-state index contributed by atoms with van der Waals surface area (Å²) in [6, 6.07) is 0.994. The number of hydrogen-bond acceptors (Lipinski definition) is 4. The molecule has 0 fully saturated rings. The Morgan fingerprint density at radius 1 is 1.50 bits per heavy atom. The number of thiophene rings is 1. The highest BCUT2D eigenvalue weighted by molar-refractivity contribution is 7.91. The number of aromatic carboxylic acids is 1. The number of carboxylic acid groups (broad SMARTS) is 1. The van der Waals surface area contributed by atoms with Crippen LogP contribution >= 0.6 is 11.3 Å². The van der Waals surface area contributed by atoms with E-state index >= 15 is 0 Å². The molecule has 18 heavy (non-hydrogen) atoms. The van der Waals surface area contributed by atoms with Gasteiger partial charge in [-0.1, -0.05) is 20.3 Å². The predicted octanol–water partition coefficient (Wildman–Crippen LogP) is 2.16. The molecule has 0 aliphatic heterocycles. The lowest BCUT2D eigenvalue weighted by atomic mass is 10.0. The minimum atomic E-state index is -3.62. The predicted molar refractivity (Wildman–Crippen MR) is 70.5 cm³/mol. The highest BCUT2D eigenvalue weighted by Crippen LogP contribution is 2.21. The van der Waals surface area contributed by atoms with Crippen LogP contribution in [0.25, 0.3) is 0 Å². The second kappa shape index (κ2) is 5.81. The van der Waals surface area contributed by atoms with Crippen molar-refractivity contribution in [1.82, 2.24) is 4.72 Å². The first-order chi connectivity index (χ1) is 8.27. The van der Waals surface area contributed by atoms with Gasteiger partial charge in [0.25, 0.3) is 0 Å². The summed E-state index contributed by atoms with van der Waals surface area (Å²) < 4.78 is 26.6. The van der Waals surface area contributed by atoms with E-state index in [1.54, 1.807) is 6.92 Å². The second-order valence-electron chi connectivity index (χ2n) is 4.26. The van der Waals surface area contributed by atoms with E-state index in [1.807, 2.05) is 13.8 Å². The topological polar surface area (TPSA) is 83.5 Å². The van der Waals surface area contributed by atoms with Crippen molar-refractivity contribution in [3.8, 4) is 0 Å². The average Bonchev–Trinajstić information content (AvgIpc) is 2.77. The first-order valence-corrected chi connectivity index (χ1v) is 7.98. The molecule has 1 heterocycles. The van der Waals surface area contributed by atoms with Gasteiger partial charge in [-0.05, 0) is 18.9 Å². The number of carboxylic acids is 1. The molecule has 0 spiro atoms. The van der Waals surface area contributed by atoms with Crippen LogP contribution in [0.4, 0.5) is 0 Å². The van der Waals surface area contributed by atoms with Crippen LogP contribution in [0.5, 0.6) is 0 Å². The molecule has 0 aliphatic carbocycles. The molecule has 0 aromatic carbocycles. The van der Waals surface area contributed by atoms with Gasteiger partial charge in [-0.15, -0.1) is 11.3 Å². The fraction of sp³-hybridized carbons (Fsp3) is 0.545. The van der Waals surface area contributed by atoms with Crippen LogP contribution in [0, 0.1) is 5.92 Å². The van der Waals surface area contributed by atoms with Crippen LogP contribution in [0.15, 0.2) is 15.7 Å². The van der Waals surface area contributed by atoms with Crippen LogP contribution in [-0.2, 0) is 10.0 Å². The minimum Gasteiger partial charge on any atom is -0.478 e. The summed E-state index contributed by atoms with van der Waals surface area (Å²) >= 11 is 0.915. The van der Waals surface area contributed by atoms with Gasteiger partial charge in [0.15, 0.2) is 0 Å². The summed E-state index contributed by atoms with van der Waals surface area (Å²) in [5, 5.41) is 10.1. The molecule has 0 bridgehead atoms. The van der Waals surface area contributed by atoms with E-state index < -0.39 is 16.0 Å². The Bertz CT molecular complexity index is 521. The Hall–Kier alpha value is -0.920. The molecule has 102 valence electrons. The summed E-state index contributed by atoms with van der Waals surface area (Å²) in [4.78, 5) is 10.7. The van der Waals surface area contributed by atoms with Crippen molar-refractivity contribution in [2.24, 2.45) is 5.92 Å². The molecule has 1 aromatic heterocycles. The van der Waals surface area contributed by atoms with Gasteiger partial charge in [0.1, 0.15) is 4.21 Å². The van der Waals surface area contributed by atoms with Crippen LogP contribution in [-0.4, -0.2) is 25.5 Å². The Labute approximate surface area is 111 Å². The van der Waals surface area contributed by atoms with Crippen molar-refractivity contribution in [2.45, 2.75) is 37.4 Å². The zero-order valence-corrected chi connectivity index (χ0v) is 12.1. The zero-order chi connectivity index (χ0) is 13.9. The number of sulfonamides is 1. The third kappa shape index (κ3) is 3.54. The van der Waals surface area contributed by atoms with Gasteiger partial charge in [0.05, 0.1) is 5.56 Å². The lowest BCUT2D eigenvalue weighted by molar-refractivity contribution is 0.0697. The fourth-order valence-electron chi connectivity index (χ4n) is 1.34. The van der Waals surface area contributed by atoms with E-state index in [2.05, 4.69) is 4.72 Å². The molecule has 0 radical (unpaired) electrons. The third-order valence-electron chi connectivity index (χ3n) is 2.93. The minimum absolute atomic E-state index is 0.00318. The molecular weight excluding hydrogens is 274 g/mol. The van der Waals surface area contributed by atoms with Crippen LogP contribution < -0.4 is 4.72 Å². The van der Waals surface area contributed by atoms with E-state index in [0.717, 1.165) is 17.8 Å². The summed E-state index contributed by atoms with van der Waals surface area (Å²) in [7, 11) is -3.62. The van der Waals surface area contributed by atoms with Gasteiger partial charge in [-0.2, -0.15) is 0 Å². The van der Waals surface area contributed by atoms with E-state index in [9.17, 15) is 13.2 Å². The van der Waals surface area contributed by atoms with Gasteiger partial charge in [-0.3, -0.25) is 0 Å². The molecule has 1 rings (SSSR count). The molecule has 0 aliphatic rings. The van der Waals surface area contributed by atoms with Gasteiger partial charge < -0.3 is 5.11 Å². The second-order valence-corrected chi connectivity index (χ2v) is 7.11. The number of rotatable bonds is 6. The molecule has 1 aromatic rings. The fourth-order valence-corrected chi connectivity index (χ4v) is 3.86. The first-order valence-electron chi connectivity index (χ1n) is 5.62. The molecule has 0 saturated carbocycles. The molecule has 2 atom stereocenters. The standard InChI is InChI=1S/C11H17NO4S2/c1-4-7(2)8(3)12-18(15,16)10-5-9(6-17-10)11(13)14/h5-8,12H,4H2,1-3H3,(H,13,14). The van der Waals surface area contributed by atoms with Crippen molar-refractivity contribution in [3.63, 3.8) is 0 Å². The highest BCUT2D eigenvalue weighted by Gasteiger charge is 2.22. The third-order valence-corrected chi connectivity index (χ3v) is 5.92. The monoisotopic (exact) mass is 291 g/mol. The van der Waals surface area contributed by atoms with Crippen LogP contribution in [0.1, 0.15) is 37.6 Å². The summed E-state index contributed by atoms with van der Waals surface area (Å²) in [5.74, 6) is -0.902. The largest absolute Gasteiger partial charge is 0.478 e. The lowest BCUT2D eigenvalue weighted by Crippen LogP contribution is -2.36. The Balaban J connectivity index is 2.89. The van der Waals surface area contributed by atoms with Crippen LogP contribution in [0.2, 0.25) is 0 Å². The van der Waals surface area contributed by atoms with Crippen molar-refractivity contribution in [2.75, 3.05) is 0 Å². The average molecular weight is 291 g/mol. The van der Waals surface area contributed by atoms with Crippen molar-refractivity contribution in [1.29, 1.82) is 0 Å². The quantitative estimate of drug-likeness (QED) is 0.841. The van der Waals surface area contributed by atoms with Gasteiger partial charge in [-0.25, -0.2) is 17.9 Å². The SMILES string of the molecule is CCC(C)C(C)NS(=O)(=O)c1cc(C(=O)O)cs1. The van der Waals surface area contributed by atoms with Crippen molar-refractivity contribution < 1.29 is 18.3 Å². The maximum atomic E-state index is 12.0. The van der Waals surface area contributed by atoms with Crippen LogP contribution in [0.3, 0.4) is 0 Å². The van der Waals surface area contributed by atoms with E-state index in [-0.39, 0.29) is 21.7 Å². The molecule has 0 saturated heterocycles. The Morgan fingerprint density at radius 2 is 2.11 bits per heavy atom. The van der Waals surface area contributed by atoms with Crippen molar-refractivity contribution in [3.05, 3.63) is 17.0 Å². The Kier molecular flexibility index (Phi) is 4.89. The molecule has 2 N–H and O–H groups in total. The van der Waals surface area contributed by atoms with Gasteiger partial charge in [0, 0.05) is 11.4 Å². The summed E-state index contributed by atoms with van der Waals surface area (Å²) in [6.07, 6.45) is 0.870. The zero-order valence-electron chi connectivity index (χ0n) is 10.5. The summed E-state index contributed by atoms with van der Waals surface area (Å²) in [5.41, 5.74) is -0.00318. The normalized spacial score (nSPS) is 15.3. The maximum absolute atomic E-state index is 12.0. The number of hydrogen-bond donors (Lipinski definition) is 2. The smallest absolute Gasteiger partial charge is 0.336 e. The molecule has 5 nitrogen and oxygen atoms in total.